The lowest BCUT2D eigenvalue weighted by atomic mass is 9.90. The number of aliphatic imine (C=N–C) groups is 1. The highest BCUT2D eigenvalue weighted by molar-refractivity contribution is 5.97. The fourth-order valence-electron chi connectivity index (χ4n) is 4.36. The molecule has 2 atom stereocenters. The van der Waals surface area contributed by atoms with Crippen LogP contribution in [0.4, 0.5) is 8.78 Å². The van der Waals surface area contributed by atoms with Crippen LogP contribution in [0.15, 0.2) is 35.0 Å². The number of amides is 1. The highest BCUT2D eigenvalue weighted by Gasteiger charge is 2.46. The third-order valence-corrected chi connectivity index (χ3v) is 5.77. The molecule has 4 rings (SSSR count). The number of nitrogens with zero attached hydrogens (tertiary/aromatic N) is 4. The molecule has 1 N–H and O–H groups in total. The van der Waals surface area contributed by atoms with Gasteiger partial charge in [-0.15, -0.1) is 0 Å². The Balaban J connectivity index is 1.64. The zero-order valence-corrected chi connectivity index (χ0v) is 17.7. The van der Waals surface area contributed by atoms with Crippen LogP contribution in [0, 0.1) is 12.8 Å². The van der Waals surface area contributed by atoms with Crippen LogP contribution in [0.3, 0.4) is 0 Å². The van der Waals surface area contributed by atoms with Crippen LogP contribution in [0.25, 0.3) is 0 Å². The number of allylic oxidation sites excluding steroid dienone is 1. The molecule has 2 fully saturated rings. The van der Waals surface area contributed by atoms with Gasteiger partial charge in [0.1, 0.15) is 5.75 Å². The van der Waals surface area contributed by atoms with Crippen LogP contribution in [0.5, 0.6) is 5.75 Å². The lowest BCUT2D eigenvalue weighted by Gasteiger charge is -2.42. The highest BCUT2D eigenvalue weighted by Crippen LogP contribution is 2.38. The van der Waals surface area contributed by atoms with Crippen LogP contribution in [-0.2, 0) is 0 Å². The SMILES string of the molecule is COc1ccc(C)cc1C(=O)N1CC(C2=CC(C)=NC3N(C)CNN23)CC(F)(F)C1. The number of ether oxygens (including phenoxy) is 1. The number of piperidine rings is 1. The molecule has 3 aliphatic heterocycles. The third-order valence-electron chi connectivity index (χ3n) is 5.77. The molecule has 7 nitrogen and oxygen atoms in total. The molecule has 162 valence electrons. The molecule has 3 aliphatic rings. The van der Waals surface area contributed by atoms with Crippen LogP contribution in [0.2, 0.25) is 0 Å². The molecular formula is C21H27F2N5O2. The van der Waals surface area contributed by atoms with Crippen molar-refractivity contribution in [1.82, 2.24) is 20.2 Å². The standard InChI is InChI=1S/C21H27F2N5O2/c1-13-5-6-18(30-4)16(7-13)19(29)27-10-15(9-21(22,23)11-27)17-8-14(2)25-20-26(3)12-24-28(17)20/h5-8,15,20,24H,9-12H2,1-4H3. The lowest BCUT2D eigenvalue weighted by molar-refractivity contribution is -0.0747. The number of methoxy groups -OCH3 is 1. The normalized spacial score (nSPS) is 26.2. The number of carbonyl (C=O) groups is 1. The van der Waals surface area contributed by atoms with Gasteiger partial charge in [-0.05, 0) is 39.1 Å². The van der Waals surface area contributed by atoms with Crippen molar-refractivity contribution < 1.29 is 18.3 Å². The first kappa shape index (κ1) is 20.7. The maximum atomic E-state index is 14.8. The number of alkyl halides is 2. The van der Waals surface area contributed by atoms with Crippen LogP contribution in [0.1, 0.15) is 29.3 Å². The van der Waals surface area contributed by atoms with E-state index in [2.05, 4.69) is 10.4 Å². The number of nitrogens with one attached hydrogen (secondary N) is 1. The Morgan fingerprint density at radius 1 is 1.33 bits per heavy atom. The molecule has 2 saturated heterocycles. The number of hydrogen-bond donors (Lipinski definition) is 1. The second kappa shape index (κ2) is 7.63. The summed E-state index contributed by atoms with van der Waals surface area (Å²) in [4.78, 5) is 21.1. The summed E-state index contributed by atoms with van der Waals surface area (Å²) in [6.45, 7) is 3.90. The molecule has 9 heteroatoms. The Morgan fingerprint density at radius 3 is 2.83 bits per heavy atom. The van der Waals surface area contributed by atoms with Crippen molar-refractivity contribution in [2.24, 2.45) is 10.9 Å². The summed E-state index contributed by atoms with van der Waals surface area (Å²) in [7, 11) is 3.40. The Bertz CT molecular complexity index is 917. The summed E-state index contributed by atoms with van der Waals surface area (Å²) in [6, 6.07) is 5.21. The maximum absolute atomic E-state index is 14.8. The van der Waals surface area contributed by atoms with E-state index in [1.807, 2.05) is 42.9 Å². The van der Waals surface area contributed by atoms with Gasteiger partial charge in [0.15, 0.2) is 6.29 Å². The molecule has 2 unspecified atom stereocenters. The molecular weight excluding hydrogens is 392 g/mol. The first-order chi connectivity index (χ1) is 14.2. The average Bonchev–Trinajstić information content (AvgIpc) is 3.06. The van der Waals surface area contributed by atoms with E-state index >= 15 is 0 Å². The van der Waals surface area contributed by atoms with Gasteiger partial charge in [-0.2, -0.15) is 0 Å². The fourth-order valence-corrected chi connectivity index (χ4v) is 4.36. The Morgan fingerprint density at radius 2 is 2.10 bits per heavy atom. The van der Waals surface area contributed by atoms with Crippen molar-refractivity contribution in [3.63, 3.8) is 0 Å². The van der Waals surface area contributed by atoms with E-state index < -0.39 is 24.3 Å². The van der Waals surface area contributed by atoms with Crippen molar-refractivity contribution in [2.75, 3.05) is 33.9 Å². The zero-order chi connectivity index (χ0) is 21.6. The molecule has 0 aliphatic carbocycles. The van der Waals surface area contributed by atoms with Crippen molar-refractivity contribution in [2.45, 2.75) is 32.5 Å². The molecule has 0 bridgehead atoms. The largest absolute Gasteiger partial charge is 0.496 e. The van der Waals surface area contributed by atoms with Gasteiger partial charge in [0.05, 0.1) is 25.9 Å². The quantitative estimate of drug-likeness (QED) is 0.816. The molecule has 1 amide bonds. The average molecular weight is 419 g/mol. The van der Waals surface area contributed by atoms with Gasteiger partial charge in [-0.1, -0.05) is 11.6 Å². The number of halogens is 2. The first-order valence-electron chi connectivity index (χ1n) is 9.99. The molecule has 0 aromatic heterocycles. The van der Waals surface area contributed by atoms with Gasteiger partial charge in [-0.25, -0.2) is 19.2 Å². The van der Waals surface area contributed by atoms with E-state index in [0.717, 1.165) is 17.0 Å². The monoisotopic (exact) mass is 419 g/mol. The fraction of sp³-hybridized carbons (Fsp3) is 0.524. The van der Waals surface area contributed by atoms with E-state index in [0.29, 0.717) is 18.0 Å². The molecule has 3 heterocycles. The molecule has 0 saturated carbocycles. The Labute approximate surface area is 174 Å². The van der Waals surface area contributed by atoms with Gasteiger partial charge in [0.25, 0.3) is 11.8 Å². The van der Waals surface area contributed by atoms with Crippen molar-refractivity contribution in [3.05, 3.63) is 41.1 Å². The number of likely N-dealkylation sites (tertiary alicyclic amines) is 1. The number of carbonyl (C=O) groups excluding carboxylic acids is 1. The topological polar surface area (TPSA) is 60.4 Å². The summed E-state index contributed by atoms with van der Waals surface area (Å²) in [5.41, 5.74) is 5.92. The summed E-state index contributed by atoms with van der Waals surface area (Å²) >= 11 is 0. The smallest absolute Gasteiger partial charge is 0.266 e. The minimum Gasteiger partial charge on any atom is -0.496 e. The minimum absolute atomic E-state index is 0.208. The predicted octanol–water partition coefficient (Wildman–Crippen LogP) is 2.45. The van der Waals surface area contributed by atoms with E-state index in [4.69, 9.17) is 4.74 Å². The Hall–Kier alpha value is -2.52. The summed E-state index contributed by atoms with van der Waals surface area (Å²) in [5, 5.41) is 1.84. The number of hydrazine groups is 1. The van der Waals surface area contributed by atoms with Crippen molar-refractivity contribution >= 4 is 11.6 Å². The number of fused-ring (bicyclic) bond motifs is 1. The molecule has 1 aromatic carbocycles. The number of benzene rings is 1. The number of aryl methyl sites for hydroxylation is 1. The van der Waals surface area contributed by atoms with Crippen LogP contribution < -0.4 is 10.2 Å². The van der Waals surface area contributed by atoms with E-state index in [1.54, 1.807) is 12.1 Å². The maximum Gasteiger partial charge on any atom is 0.266 e. The van der Waals surface area contributed by atoms with Gasteiger partial charge < -0.3 is 9.64 Å². The highest BCUT2D eigenvalue weighted by atomic mass is 19.3. The van der Waals surface area contributed by atoms with E-state index in [1.165, 1.54) is 12.0 Å². The summed E-state index contributed by atoms with van der Waals surface area (Å²) < 4.78 is 34.9. The Kier molecular flexibility index (Phi) is 5.27. The molecule has 0 spiro atoms. The second-order valence-corrected chi connectivity index (χ2v) is 8.28. The third kappa shape index (κ3) is 3.79. The molecule has 30 heavy (non-hydrogen) atoms. The summed E-state index contributed by atoms with van der Waals surface area (Å²) in [5.74, 6) is -3.55. The van der Waals surface area contributed by atoms with Crippen LogP contribution in [-0.4, -0.2) is 72.6 Å². The number of hydrogen-bond acceptors (Lipinski definition) is 6. The van der Waals surface area contributed by atoms with Gasteiger partial charge >= 0.3 is 0 Å². The first-order valence-corrected chi connectivity index (χ1v) is 9.99. The van der Waals surface area contributed by atoms with Gasteiger partial charge in [-0.3, -0.25) is 14.7 Å². The van der Waals surface area contributed by atoms with Crippen molar-refractivity contribution in [1.29, 1.82) is 0 Å². The second-order valence-electron chi connectivity index (χ2n) is 8.28. The van der Waals surface area contributed by atoms with Gasteiger partial charge in [0.2, 0.25) is 0 Å². The molecule has 1 aromatic rings. The number of rotatable bonds is 3. The van der Waals surface area contributed by atoms with Gasteiger partial charge in [0, 0.05) is 30.3 Å². The zero-order valence-electron chi connectivity index (χ0n) is 17.7. The van der Waals surface area contributed by atoms with Crippen molar-refractivity contribution in [3.8, 4) is 5.75 Å². The van der Waals surface area contributed by atoms with E-state index in [9.17, 15) is 13.6 Å². The van der Waals surface area contributed by atoms with Crippen LogP contribution >= 0.6 is 0 Å². The minimum atomic E-state index is -2.99. The predicted molar refractivity (Wildman–Crippen MR) is 109 cm³/mol. The molecule has 0 radical (unpaired) electrons. The summed E-state index contributed by atoms with van der Waals surface area (Å²) in [6.07, 6.45) is 1.27. The van der Waals surface area contributed by atoms with E-state index in [-0.39, 0.29) is 19.3 Å². The lowest BCUT2D eigenvalue weighted by Crippen LogP contribution is -2.53.